The molecular formula is C35H35N5O6S. The average molecular weight is 654 g/mol. The molecule has 2 fully saturated rings. The average Bonchev–Trinajstić information content (AvgIpc) is 3.92. The zero-order valence-corrected chi connectivity index (χ0v) is 27.1. The topological polar surface area (TPSA) is 129 Å². The molecule has 2 saturated heterocycles. The third kappa shape index (κ3) is 4.97. The van der Waals surface area contributed by atoms with Gasteiger partial charge in [-0.25, -0.2) is 17.7 Å². The van der Waals surface area contributed by atoms with Gasteiger partial charge in [0.25, 0.3) is 15.9 Å². The highest BCUT2D eigenvalue weighted by molar-refractivity contribution is 7.93. The number of ether oxygens (including phenoxy) is 2. The second-order valence-electron chi connectivity index (χ2n) is 12.0. The van der Waals surface area contributed by atoms with E-state index in [2.05, 4.69) is 16.0 Å². The van der Waals surface area contributed by atoms with Gasteiger partial charge in [-0.15, -0.1) is 0 Å². The van der Waals surface area contributed by atoms with E-state index >= 15 is 4.79 Å². The van der Waals surface area contributed by atoms with Crippen LogP contribution >= 0.6 is 0 Å². The van der Waals surface area contributed by atoms with Gasteiger partial charge in [0.15, 0.2) is 5.54 Å². The molecule has 11 nitrogen and oxygen atoms in total. The number of carbonyl (C=O) groups is 1. The molecule has 3 aliphatic heterocycles. The summed E-state index contributed by atoms with van der Waals surface area (Å²) in [5, 5.41) is 10.1. The molecule has 1 aromatic heterocycles. The molecule has 2 atom stereocenters. The van der Waals surface area contributed by atoms with E-state index in [0.29, 0.717) is 60.0 Å². The van der Waals surface area contributed by atoms with E-state index in [0.717, 1.165) is 35.8 Å². The van der Waals surface area contributed by atoms with Crippen molar-refractivity contribution in [2.24, 2.45) is 0 Å². The van der Waals surface area contributed by atoms with Crippen LogP contribution < -0.4 is 13.8 Å². The Morgan fingerprint density at radius 3 is 2.45 bits per heavy atom. The molecule has 4 heterocycles. The van der Waals surface area contributed by atoms with Gasteiger partial charge in [-0.3, -0.25) is 14.6 Å². The Kier molecular flexibility index (Phi) is 8.00. The van der Waals surface area contributed by atoms with Crippen molar-refractivity contribution in [3.05, 3.63) is 101 Å². The molecule has 7 rings (SSSR count). The largest absolute Gasteiger partial charge is 0.497 e. The number of hydrogen-bond acceptors (Lipinski definition) is 10. The summed E-state index contributed by atoms with van der Waals surface area (Å²) in [6, 6.07) is 18.2. The smallest absolute Gasteiger partial charge is 0.271 e. The summed E-state index contributed by atoms with van der Waals surface area (Å²) in [4.78, 5) is 24.3. The quantitative estimate of drug-likeness (QED) is 0.244. The number of amides is 1. The number of benzene rings is 3. The van der Waals surface area contributed by atoms with Gasteiger partial charge in [-0.2, -0.15) is 5.26 Å². The van der Waals surface area contributed by atoms with Gasteiger partial charge in [0.2, 0.25) is 5.89 Å². The van der Waals surface area contributed by atoms with Crippen molar-refractivity contribution in [1.82, 2.24) is 14.8 Å². The minimum absolute atomic E-state index is 0.0711. The molecule has 1 unspecified atom stereocenters. The Morgan fingerprint density at radius 1 is 0.979 bits per heavy atom. The molecule has 3 aromatic carbocycles. The van der Waals surface area contributed by atoms with E-state index in [-0.39, 0.29) is 10.6 Å². The third-order valence-electron chi connectivity index (χ3n) is 9.50. The van der Waals surface area contributed by atoms with E-state index in [1.54, 1.807) is 37.6 Å². The van der Waals surface area contributed by atoms with Crippen LogP contribution in [0.4, 0.5) is 5.69 Å². The van der Waals surface area contributed by atoms with Gasteiger partial charge in [-0.1, -0.05) is 6.07 Å². The summed E-state index contributed by atoms with van der Waals surface area (Å²) >= 11 is 0. The first-order chi connectivity index (χ1) is 22.8. The van der Waals surface area contributed by atoms with Crippen LogP contribution in [0.2, 0.25) is 0 Å². The van der Waals surface area contributed by atoms with Gasteiger partial charge in [0.1, 0.15) is 17.8 Å². The number of likely N-dealkylation sites (tertiary alicyclic amines) is 2. The zero-order chi connectivity index (χ0) is 32.8. The highest BCUT2D eigenvalue weighted by Gasteiger charge is 2.63. The molecule has 3 aliphatic rings. The molecule has 0 radical (unpaired) electrons. The lowest BCUT2D eigenvalue weighted by molar-refractivity contribution is -0.127. The minimum Gasteiger partial charge on any atom is -0.497 e. The van der Waals surface area contributed by atoms with E-state index in [4.69, 9.17) is 13.9 Å². The molecule has 0 bridgehead atoms. The highest BCUT2D eigenvalue weighted by atomic mass is 32.2. The zero-order valence-electron chi connectivity index (χ0n) is 26.3. The molecule has 12 heteroatoms. The van der Waals surface area contributed by atoms with E-state index in [1.807, 2.05) is 23.1 Å². The maximum atomic E-state index is 15.5. The maximum absolute atomic E-state index is 15.5. The Labute approximate surface area is 274 Å². The summed E-state index contributed by atoms with van der Waals surface area (Å²) in [5.74, 6) is 0.652. The number of carbonyl (C=O) groups excluding carboxylic acids is 1. The van der Waals surface area contributed by atoms with Crippen LogP contribution in [0, 0.1) is 11.3 Å². The van der Waals surface area contributed by atoms with Crippen molar-refractivity contribution in [1.29, 1.82) is 5.26 Å². The molecule has 47 heavy (non-hydrogen) atoms. The normalized spacial score (nSPS) is 21.6. The summed E-state index contributed by atoms with van der Waals surface area (Å²) in [6.07, 6.45) is 6.64. The third-order valence-corrected chi connectivity index (χ3v) is 11.2. The lowest BCUT2D eigenvalue weighted by Gasteiger charge is -2.41. The standard InChI is InChI=1S/C35H35N5O6S/c1-44-26-9-11-27(12-10-26)47(42,43)40-30-13-7-24(22-36)20-28(30)35(34(40)41,39-18-5-6-31(39)33-37-15-19-46-33)29-21-25(8-14-32(29)45-2)23-38-16-3-4-17-38/h7-15,19-21,31H,3-6,16-18,23H2,1-2H3/t31-,35?/m0/s1. The Hall–Kier alpha value is -4.70. The van der Waals surface area contributed by atoms with Crippen LogP contribution in [-0.4, -0.2) is 63.0 Å². The van der Waals surface area contributed by atoms with Gasteiger partial charge in [0.05, 0.1) is 48.7 Å². The van der Waals surface area contributed by atoms with Gasteiger partial charge < -0.3 is 13.9 Å². The van der Waals surface area contributed by atoms with Gasteiger partial charge in [-0.05, 0) is 98.9 Å². The van der Waals surface area contributed by atoms with Crippen molar-refractivity contribution in [3.63, 3.8) is 0 Å². The van der Waals surface area contributed by atoms with Crippen molar-refractivity contribution in [2.75, 3.05) is 38.2 Å². The van der Waals surface area contributed by atoms with E-state index < -0.39 is 27.5 Å². The molecule has 242 valence electrons. The minimum atomic E-state index is -4.44. The van der Waals surface area contributed by atoms with E-state index in [1.165, 1.54) is 31.6 Å². The number of nitriles is 1. The van der Waals surface area contributed by atoms with Crippen molar-refractivity contribution in [2.45, 2.75) is 48.7 Å². The molecule has 0 aliphatic carbocycles. The fourth-order valence-electron chi connectivity index (χ4n) is 7.39. The van der Waals surface area contributed by atoms with Crippen molar-refractivity contribution < 1.29 is 27.1 Å². The number of fused-ring (bicyclic) bond motifs is 1. The number of rotatable bonds is 9. The molecule has 0 saturated carbocycles. The summed E-state index contributed by atoms with van der Waals surface area (Å²) < 4.78 is 47.1. The first-order valence-corrected chi connectivity index (χ1v) is 17.1. The summed E-state index contributed by atoms with van der Waals surface area (Å²) in [7, 11) is -1.41. The number of aromatic nitrogens is 1. The first-order valence-electron chi connectivity index (χ1n) is 15.7. The van der Waals surface area contributed by atoms with Crippen LogP contribution in [-0.2, 0) is 26.9 Å². The summed E-state index contributed by atoms with van der Waals surface area (Å²) in [5.41, 5.74) is 0.622. The number of anilines is 1. The predicted molar refractivity (Wildman–Crippen MR) is 172 cm³/mol. The Bertz CT molecular complexity index is 1950. The number of oxazole rings is 1. The fraction of sp³-hybridized carbons (Fsp3) is 0.343. The monoisotopic (exact) mass is 653 g/mol. The lowest BCUT2D eigenvalue weighted by Crippen LogP contribution is -2.54. The van der Waals surface area contributed by atoms with Crippen LogP contribution in [0.25, 0.3) is 0 Å². The summed E-state index contributed by atoms with van der Waals surface area (Å²) in [6.45, 7) is 3.06. The molecule has 1 amide bonds. The number of hydrogen-bond donors (Lipinski definition) is 0. The Balaban J connectivity index is 1.51. The second-order valence-corrected chi connectivity index (χ2v) is 13.8. The Morgan fingerprint density at radius 2 is 1.77 bits per heavy atom. The number of methoxy groups -OCH3 is 2. The first kappa shape index (κ1) is 30.9. The number of nitrogens with zero attached hydrogens (tertiary/aromatic N) is 5. The fourth-order valence-corrected chi connectivity index (χ4v) is 8.85. The molecule has 0 N–H and O–H groups in total. The molecule has 4 aromatic rings. The van der Waals surface area contributed by atoms with Crippen molar-refractivity contribution >= 4 is 21.6 Å². The van der Waals surface area contributed by atoms with Crippen molar-refractivity contribution in [3.8, 4) is 17.6 Å². The second kappa shape index (κ2) is 12.2. The highest BCUT2D eigenvalue weighted by Crippen LogP contribution is 2.56. The SMILES string of the molecule is COc1ccc(S(=O)(=O)N2C(=O)C(c3cc(CN4CCCC4)ccc3OC)(N3CCC[C@H]3c3ncco3)c3cc(C#N)ccc32)cc1. The van der Waals surface area contributed by atoms with Crippen LogP contribution in [0.15, 0.2) is 82.4 Å². The van der Waals surface area contributed by atoms with Crippen LogP contribution in [0.5, 0.6) is 11.5 Å². The van der Waals surface area contributed by atoms with Gasteiger partial charge in [0, 0.05) is 24.2 Å². The molecular weight excluding hydrogens is 618 g/mol. The maximum Gasteiger partial charge on any atom is 0.271 e. The number of sulfonamides is 1. The van der Waals surface area contributed by atoms with Crippen LogP contribution in [0.3, 0.4) is 0 Å². The van der Waals surface area contributed by atoms with E-state index in [9.17, 15) is 13.7 Å². The lowest BCUT2D eigenvalue weighted by atomic mass is 9.79. The van der Waals surface area contributed by atoms with Crippen LogP contribution in [0.1, 0.15) is 59.9 Å². The van der Waals surface area contributed by atoms with Gasteiger partial charge >= 0.3 is 0 Å². The predicted octanol–water partition coefficient (Wildman–Crippen LogP) is 4.98. The molecule has 0 spiro atoms.